The zero-order chi connectivity index (χ0) is 22.2. The van der Waals surface area contributed by atoms with Crippen molar-refractivity contribution in [1.82, 2.24) is 0 Å². The lowest BCUT2D eigenvalue weighted by Crippen LogP contribution is -2.02. The fraction of sp³-hybridized carbons (Fsp3) is 0.160. The molecule has 0 saturated carbocycles. The fourth-order valence-corrected chi connectivity index (χ4v) is 3.03. The molecule has 0 aromatic heterocycles. The van der Waals surface area contributed by atoms with Gasteiger partial charge in [0.2, 0.25) is 0 Å². The van der Waals surface area contributed by atoms with Crippen LogP contribution in [0.2, 0.25) is 0 Å². The molecule has 0 unspecified atom stereocenters. The summed E-state index contributed by atoms with van der Waals surface area (Å²) in [4.78, 5) is 14.8. The summed E-state index contributed by atoms with van der Waals surface area (Å²) in [5.74, 6) is 1.28. The Labute approximate surface area is 181 Å². The molecule has 0 radical (unpaired) electrons. The number of allylic oxidation sites excluding steroid dienone is 1. The molecule has 0 aliphatic carbocycles. The standard InChI is InChI=1S/C25H24N2O4/c1-4-5-21-14-20(16-26-22-10-12-23(13-11-22)27(28)29)15-24(30-3)25(21)31-17-19-8-6-18(2)7-9-19/h4,6-16H,1,5,17H2,2-3H3. The summed E-state index contributed by atoms with van der Waals surface area (Å²) in [5.41, 5.74) is 4.69. The smallest absolute Gasteiger partial charge is 0.269 e. The van der Waals surface area contributed by atoms with Crippen LogP contribution in [0.5, 0.6) is 11.5 Å². The van der Waals surface area contributed by atoms with Crippen LogP contribution in [-0.2, 0) is 13.0 Å². The Morgan fingerprint density at radius 2 is 1.81 bits per heavy atom. The average Bonchev–Trinajstić information content (AvgIpc) is 2.78. The van der Waals surface area contributed by atoms with E-state index in [1.54, 1.807) is 25.5 Å². The van der Waals surface area contributed by atoms with E-state index in [0.29, 0.717) is 30.2 Å². The minimum Gasteiger partial charge on any atom is -0.493 e. The minimum absolute atomic E-state index is 0.0315. The molecule has 0 N–H and O–H groups in total. The molecule has 3 rings (SSSR count). The number of non-ortho nitro benzene ring substituents is 1. The van der Waals surface area contributed by atoms with Crippen molar-refractivity contribution < 1.29 is 14.4 Å². The SMILES string of the molecule is C=CCc1cc(C=Nc2ccc([N+](=O)[O-])cc2)cc(OC)c1OCc1ccc(C)cc1. The van der Waals surface area contributed by atoms with Crippen LogP contribution < -0.4 is 9.47 Å². The molecule has 3 aromatic carbocycles. The number of hydrogen-bond donors (Lipinski definition) is 0. The maximum atomic E-state index is 10.8. The molecule has 0 fully saturated rings. The van der Waals surface area contributed by atoms with Crippen molar-refractivity contribution >= 4 is 17.6 Å². The minimum atomic E-state index is -0.435. The first-order valence-electron chi connectivity index (χ1n) is 9.79. The van der Waals surface area contributed by atoms with Crippen LogP contribution in [0.4, 0.5) is 11.4 Å². The van der Waals surface area contributed by atoms with E-state index in [0.717, 1.165) is 16.7 Å². The third-order valence-corrected chi connectivity index (χ3v) is 4.67. The van der Waals surface area contributed by atoms with Gasteiger partial charge in [0.1, 0.15) is 6.61 Å². The van der Waals surface area contributed by atoms with E-state index in [-0.39, 0.29) is 5.69 Å². The van der Waals surface area contributed by atoms with Crippen LogP contribution in [0, 0.1) is 17.0 Å². The van der Waals surface area contributed by atoms with Gasteiger partial charge >= 0.3 is 0 Å². The number of nitro groups is 1. The van der Waals surface area contributed by atoms with Crippen LogP contribution in [0.15, 0.2) is 78.3 Å². The molecule has 6 nitrogen and oxygen atoms in total. The Hall–Kier alpha value is -3.93. The molecule has 0 saturated heterocycles. The number of aliphatic imine (C=N–C) groups is 1. The molecule has 0 atom stereocenters. The van der Waals surface area contributed by atoms with Crippen molar-refractivity contribution in [3.8, 4) is 11.5 Å². The number of hydrogen-bond acceptors (Lipinski definition) is 5. The Morgan fingerprint density at radius 1 is 1.10 bits per heavy atom. The zero-order valence-corrected chi connectivity index (χ0v) is 17.6. The first-order chi connectivity index (χ1) is 15.0. The van der Waals surface area contributed by atoms with Crippen LogP contribution in [0.25, 0.3) is 0 Å². The normalized spacial score (nSPS) is 10.8. The van der Waals surface area contributed by atoms with Crippen LogP contribution in [-0.4, -0.2) is 18.2 Å². The fourth-order valence-electron chi connectivity index (χ4n) is 3.03. The molecule has 0 aliphatic heterocycles. The van der Waals surface area contributed by atoms with Crippen LogP contribution in [0.1, 0.15) is 22.3 Å². The van der Waals surface area contributed by atoms with E-state index >= 15 is 0 Å². The number of benzene rings is 3. The van der Waals surface area contributed by atoms with E-state index in [2.05, 4.69) is 23.7 Å². The first kappa shape index (κ1) is 21.8. The number of rotatable bonds is 9. The average molecular weight is 416 g/mol. The highest BCUT2D eigenvalue weighted by atomic mass is 16.6. The lowest BCUT2D eigenvalue weighted by atomic mass is 10.1. The van der Waals surface area contributed by atoms with Gasteiger partial charge in [0, 0.05) is 23.9 Å². The number of nitrogens with zero attached hydrogens (tertiary/aromatic N) is 2. The van der Waals surface area contributed by atoms with Crippen molar-refractivity contribution in [2.75, 3.05) is 7.11 Å². The number of nitro benzene ring substituents is 1. The van der Waals surface area contributed by atoms with E-state index in [4.69, 9.17) is 9.47 Å². The molecule has 158 valence electrons. The molecule has 0 bridgehead atoms. The molecular weight excluding hydrogens is 392 g/mol. The Morgan fingerprint density at radius 3 is 2.42 bits per heavy atom. The van der Waals surface area contributed by atoms with Crippen molar-refractivity contribution in [2.24, 2.45) is 4.99 Å². The van der Waals surface area contributed by atoms with Gasteiger partial charge in [-0.1, -0.05) is 35.9 Å². The van der Waals surface area contributed by atoms with Crippen LogP contribution in [0.3, 0.4) is 0 Å². The predicted molar refractivity (Wildman–Crippen MR) is 123 cm³/mol. The zero-order valence-electron chi connectivity index (χ0n) is 17.6. The highest BCUT2D eigenvalue weighted by molar-refractivity contribution is 5.84. The molecule has 6 heteroatoms. The number of aryl methyl sites for hydroxylation is 1. The van der Waals surface area contributed by atoms with Gasteiger partial charge in [0.05, 0.1) is 17.7 Å². The van der Waals surface area contributed by atoms with Gasteiger partial charge < -0.3 is 9.47 Å². The molecular formula is C25H24N2O4. The van der Waals surface area contributed by atoms with Gasteiger partial charge in [0.15, 0.2) is 11.5 Å². The van der Waals surface area contributed by atoms with Gasteiger partial charge in [0.25, 0.3) is 5.69 Å². The summed E-state index contributed by atoms with van der Waals surface area (Å²) in [6.45, 7) is 6.32. The highest BCUT2D eigenvalue weighted by Gasteiger charge is 2.13. The quantitative estimate of drug-likeness (QED) is 0.186. The van der Waals surface area contributed by atoms with Gasteiger partial charge in [-0.15, -0.1) is 6.58 Å². The molecule has 0 heterocycles. The first-order valence-corrected chi connectivity index (χ1v) is 9.79. The second-order valence-corrected chi connectivity index (χ2v) is 7.01. The van der Waals surface area contributed by atoms with Crippen molar-refractivity contribution in [2.45, 2.75) is 20.0 Å². The summed E-state index contributed by atoms with van der Waals surface area (Å²) in [6.07, 6.45) is 4.11. The summed E-state index contributed by atoms with van der Waals surface area (Å²) in [7, 11) is 1.60. The Kier molecular flexibility index (Phi) is 7.17. The number of ether oxygens (including phenoxy) is 2. The molecule has 0 spiro atoms. The van der Waals surface area contributed by atoms with E-state index in [1.165, 1.54) is 17.7 Å². The third-order valence-electron chi connectivity index (χ3n) is 4.67. The monoisotopic (exact) mass is 416 g/mol. The highest BCUT2D eigenvalue weighted by Crippen LogP contribution is 2.34. The maximum absolute atomic E-state index is 10.8. The van der Waals surface area contributed by atoms with Gasteiger partial charge in [-0.05, 0) is 48.7 Å². The summed E-state index contributed by atoms with van der Waals surface area (Å²) < 4.78 is 11.7. The van der Waals surface area contributed by atoms with Gasteiger partial charge in [-0.3, -0.25) is 15.1 Å². The molecule has 0 aliphatic rings. The second-order valence-electron chi connectivity index (χ2n) is 7.01. The molecule has 3 aromatic rings. The Bertz CT molecular complexity index is 1090. The van der Waals surface area contributed by atoms with Crippen LogP contribution >= 0.6 is 0 Å². The molecule has 0 amide bonds. The van der Waals surface area contributed by atoms with E-state index < -0.39 is 4.92 Å². The van der Waals surface area contributed by atoms with Crippen molar-refractivity contribution in [3.63, 3.8) is 0 Å². The van der Waals surface area contributed by atoms with Crippen molar-refractivity contribution in [3.05, 3.63) is 106 Å². The van der Waals surface area contributed by atoms with Gasteiger partial charge in [-0.2, -0.15) is 0 Å². The lowest BCUT2D eigenvalue weighted by molar-refractivity contribution is -0.384. The largest absolute Gasteiger partial charge is 0.493 e. The summed E-state index contributed by atoms with van der Waals surface area (Å²) in [6, 6.07) is 18.1. The number of methoxy groups -OCH3 is 1. The van der Waals surface area contributed by atoms with Gasteiger partial charge in [-0.25, -0.2) is 0 Å². The van der Waals surface area contributed by atoms with E-state index in [1.807, 2.05) is 37.3 Å². The topological polar surface area (TPSA) is 74.0 Å². The summed E-state index contributed by atoms with van der Waals surface area (Å²) >= 11 is 0. The van der Waals surface area contributed by atoms with E-state index in [9.17, 15) is 10.1 Å². The third kappa shape index (κ3) is 5.79. The maximum Gasteiger partial charge on any atom is 0.269 e. The van der Waals surface area contributed by atoms with Crippen molar-refractivity contribution in [1.29, 1.82) is 0 Å². The second kappa shape index (κ2) is 10.2. The lowest BCUT2D eigenvalue weighted by Gasteiger charge is -2.16. The Balaban J connectivity index is 1.84. The molecule has 31 heavy (non-hydrogen) atoms. The predicted octanol–water partition coefficient (Wildman–Crippen LogP) is 5.97. The summed E-state index contributed by atoms with van der Waals surface area (Å²) in [5, 5.41) is 10.8.